The van der Waals surface area contributed by atoms with E-state index >= 15 is 0 Å². The molecule has 1 N–H and O–H groups in total. The summed E-state index contributed by atoms with van der Waals surface area (Å²) in [7, 11) is 0. The molecule has 0 amide bonds. The van der Waals surface area contributed by atoms with Gasteiger partial charge in [0.15, 0.2) is 0 Å². The fourth-order valence-corrected chi connectivity index (χ4v) is 2.90. The summed E-state index contributed by atoms with van der Waals surface area (Å²) >= 11 is 3.66. The second-order valence-corrected chi connectivity index (χ2v) is 5.62. The second kappa shape index (κ2) is 7.88. The van der Waals surface area contributed by atoms with Crippen LogP contribution in [0.3, 0.4) is 0 Å². The molecule has 0 spiro atoms. The molecular weight excluding hydrogens is 274 g/mol. The molecule has 1 nitrogen and oxygen atoms in total. The third kappa shape index (κ3) is 4.81. The van der Waals surface area contributed by atoms with Crippen LogP contribution >= 0.6 is 15.9 Å². The van der Waals surface area contributed by atoms with Crippen molar-refractivity contribution in [3.8, 4) is 0 Å². The Bertz CT molecular complexity index is 324. The predicted molar refractivity (Wildman–Crippen MR) is 79.2 cm³/mol. The van der Waals surface area contributed by atoms with E-state index in [9.17, 15) is 0 Å². The molecule has 0 fully saturated rings. The molecule has 0 saturated heterocycles. The number of hydrogen-bond donors (Lipinski definition) is 1. The zero-order valence-corrected chi connectivity index (χ0v) is 12.8. The Labute approximate surface area is 114 Å². The Morgan fingerprint density at radius 3 is 2.53 bits per heavy atom. The van der Waals surface area contributed by atoms with Crippen molar-refractivity contribution in [1.29, 1.82) is 0 Å². The van der Waals surface area contributed by atoms with Gasteiger partial charge in [-0.1, -0.05) is 67.7 Å². The lowest BCUT2D eigenvalue weighted by Gasteiger charge is -2.23. The summed E-state index contributed by atoms with van der Waals surface area (Å²) in [5.41, 5.74) is 1.39. The molecule has 0 aromatic heterocycles. The van der Waals surface area contributed by atoms with Gasteiger partial charge in [-0.15, -0.1) is 0 Å². The van der Waals surface area contributed by atoms with E-state index in [4.69, 9.17) is 0 Å². The van der Waals surface area contributed by atoms with Crippen molar-refractivity contribution < 1.29 is 0 Å². The number of nitrogens with one attached hydrogen (secondary N) is 1. The summed E-state index contributed by atoms with van der Waals surface area (Å²) in [6.07, 6.45) is 3.80. The maximum absolute atomic E-state index is 3.66. The SMILES string of the molecule is CCCC(C)CC(NCC)c1ccccc1Br. The predicted octanol–water partition coefficient (Wildman–Crippen LogP) is 4.93. The third-order valence-corrected chi connectivity index (χ3v) is 3.87. The van der Waals surface area contributed by atoms with E-state index in [-0.39, 0.29) is 0 Å². The highest BCUT2D eigenvalue weighted by molar-refractivity contribution is 9.10. The van der Waals surface area contributed by atoms with Crippen molar-refractivity contribution in [2.75, 3.05) is 6.54 Å². The third-order valence-electron chi connectivity index (χ3n) is 3.15. The van der Waals surface area contributed by atoms with Crippen molar-refractivity contribution in [1.82, 2.24) is 5.32 Å². The maximum Gasteiger partial charge on any atom is 0.0333 e. The van der Waals surface area contributed by atoms with E-state index in [0.29, 0.717) is 6.04 Å². The van der Waals surface area contributed by atoms with Gasteiger partial charge in [-0.2, -0.15) is 0 Å². The van der Waals surface area contributed by atoms with Crippen LogP contribution in [0.1, 0.15) is 51.6 Å². The van der Waals surface area contributed by atoms with E-state index in [1.54, 1.807) is 0 Å². The average molecular weight is 298 g/mol. The summed E-state index contributed by atoms with van der Waals surface area (Å²) in [4.78, 5) is 0. The lowest BCUT2D eigenvalue weighted by molar-refractivity contribution is 0.394. The van der Waals surface area contributed by atoms with Crippen LogP contribution in [0.2, 0.25) is 0 Å². The van der Waals surface area contributed by atoms with E-state index in [1.165, 1.54) is 29.3 Å². The quantitative estimate of drug-likeness (QED) is 0.753. The lowest BCUT2D eigenvalue weighted by atomic mass is 9.93. The Balaban J connectivity index is 2.75. The fraction of sp³-hybridized carbons (Fsp3) is 0.600. The molecular formula is C15H24BrN. The van der Waals surface area contributed by atoms with Crippen LogP contribution in [-0.4, -0.2) is 6.54 Å². The minimum atomic E-state index is 0.470. The van der Waals surface area contributed by atoms with Gasteiger partial charge in [-0.05, 0) is 30.5 Å². The Morgan fingerprint density at radius 1 is 1.24 bits per heavy atom. The molecule has 0 aliphatic carbocycles. The molecule has 1 aromatic rings. The number of rotatable bonds is 7. The first kappa shape index (κ1) is 14.7. The molecule has 0 heterocycles. The van der Waals surface area contributed by atoms with Crippen LogP contribution in [0, 0.1) is 5.92 Å². The molecule has 17 heavy (non-hydrogen) atoms. The Hall–Kier alpha value is -0.340. The van der Waals surface area contributed by atoms with E-state index in [0.717, 1.165) is 12.5 Å². The standard InChI is InChI=1S/C15H24BrN/c1-4-8-12(3)11-15(17-5-2)13-9-6-7-10-14(13)16/h6-7,9-10,12,15,17H,4-5,8,11H2,1-3H3. The maximum atomic E-state index is 3.66. The van der Waals surface area contributed by atoms with Crippen LogP contribution in [0.4, 0.5) is 0 Å². The van der Waals surface area contributed by atoms with Gasteiger partial charge in [-0.25, -0.2) is 0 Å². The van der Waals surface area contributed by atoms with Crippen molar-refractivity contribution in [2.45, 2.75) is 46.1 Å². The first-order valence-electron chi connectivity index (χ1n) is 6.66. The molecule has 2 atom stereocenters. The fourth-order valence-electron chi connectivity index (χ4n) is 2.34. The monoisotopic (exact) mass is 297 g/mol. The Kier molecular flexibility index (Phi) is 6.83. The molecule has 0 aliphatic rings. The normalized spacial score (nSPS) is 14.6. The molecule has 0 aliphatic heterocycles. The summed E-state index contributed by atoms with van der Waals surface area (Å²) in [5, 5.41) is 3.60. The van der Waals surface area contributed by atoms with Gasteiger partial charge in [-0.3, -0.25) is 0 Å². The van der Waals surface area contributed by atoms with Crippen LogP contribution in [0.25, 0.3) is 0 Å². The summed E-state index contributed by atoms with van der Waals surface area (Å²) in [6.45, 7) is 7.81. The molecule has 0 radical (unpaired) electrons. The van der Waals surface area contributed by atoms with E-state index in [1.807, 2.05) is 0 Å². The molecule has 0 bridgehead atoms. The number of benzene rings is 1. The first-order chi connectivity index (χ1) is 8.19. The van der Waals surface area contributed by atoms with Crippen LogP contribution < -0.4 is 5.32 Å². The highest BCUT2D eigenvalue weighted by Gasteiger charge is 2.15. The van der Waals surface area contributed by atoms with E-state index < -0.39 is 0 Å². The highest BCUT2D eigenvalue weighted by Crippen LogP contribution is 2.29. The van der Waals surface area contributed by atoms with Gasteiger partial charge in [0.25, 0.3) is 0 Å². The van der Waals surface area contributed by atoms with Crippen LogP contribution in [0.5, 0.6) is 0 Å². The van der Waals surface area contributed by atoms with Crippen molar-refractivity contribution in [3.63, 3.8) is 0 Å². The van der Waals surface area contributed by atoms with Gasteiger partial charge in [0, 0.05) is 10.5 Å². The average Bonchev–Trinajstić information content (AvgIpc) is 2.29. The molecule has 1 aromatic carbocycles. The van der Waals surface area contributed by atoms with Crippen LogP contribution in [0.15, 0.2) is 28.7 Å². The van der Waals surface area contributed by atoms with Crippen molar-refractivity contribution >= 4 is 15.9 Å². The number of halogens is 1. The minimum absolute atomic E-state index is 0.470. The summed E-state index contributed by atoms with van der Waals surface area (Å²) in [5.74, 6) is 0.774. The minimum Gasteiger partial charge on any atom is -0.310 e. The van der Waals surface area contributed by atoms with E-state index in [2.05, 4.69) is 66.3 Å². The summed E-state index contributed by atoms with van der Waals surface area (Å²) in [6, 6.07) is 9.01. The zero-order valence-electron chi connectivity index (χ0n) is 11.2. The van der Waals surface area contributed by atoms with Gasteiger partial charge < -0.3 is 5.32 Å². The molecule has 1 rings (SSSR count). The zero-order chi connectivity index (χ0) is 12.7. The number of hydrogen-bond acceptors (Lipinski definition) is 1. The molecule has 2 heteroatoms. The second-order valence-electron chi connectivity index (χ2n) is 4.76. The summed E-state index contributed by atoms with van der Waals surface area (Å²) < 4.78 is 1.22. The van der Waals surface area contributed by atoms with Crippen LogP contribution in [-0.2, 0) is 0 Å². The van der Waals surface area contributed by atoms with Gasteiger partial charge >= 0.3 is 0 Å². The van der Waals surface area contributed by atoms with Gasteiger partial charge in [0.05, 0.1) is 0 Å². The largest absolute Gasteiger partial charge is 0.310 e. The molecule has 0 saturated carbocycles. The lowest BCUT2D eigenvalue weighted by Crippen LogP contribution is -2.23. The topological polar surface area (TPSA) is 12.0 Å². The molecule has 96 valence electrons. The molecule has 2 unspecified atom stereocenters. The van der Waals surface area contributed by atoms with Gasteiger partial charge in [0.1, 0.15) is 0 Å². The first-order valence-corrected chi connectivity index (χ1v) is 7.46. The smallest absolute Gasteiger partial charge is 0.0333 e. The van der Waals surface area contributed by atoms with Crippen molar-refractivity contribution in [2.24, 2.45) is 5.92 Å². The Morgan fingerprint density at radius 2 is 1.94 bits per heavy atom. The highest BCUT2D eigenvalue weighted by atomic mass is 79.9. The van der Waals surface area contributed by atoms with Crippen molar-refractivity contribution in [3.05, 3.63) is 34.3 Å². The van der Waals surface area contributed by atoms with Gasteiger partial charge in [0.2, 0.25) is 0 Å².